The van der Waals surface area contributed by atoms with E-state index in [1.807, 2.05) is 0 Å². The predicted molar refractivity (Wildman–Crippen MR) is 111 cm³/mol. The number of rotatable bonds is 7. The van der Waals surface area contributed by atoms with Crippen LogP contribution in [0.2, 0.25) is 0 Å². The number of likely N-dealkylation sites (N-methyl/N-ethyl adjacent to an activating group) is 1. The van der Waals surface area contributed by atoms with E-state index in [2.05, 4.69) is 32.3 Å². The molecule has 0 bridgehead atoms. The molecule has 2 aromatic rings. The lowest BCUT2D eigenvalue weighted by Crippen LogP contribution is -2.46. The van der Waals surface area contributed by atoms with Gasteiger partial charge in [0, 0.05) is 19.2 Å². The third-order valence-corrected chi connectivity index (χ3v) is 5.84. The Morgan fingerprint density at radius 3 is 2.71 bits per heavy atom. The number of nitrogens with one attached hydrogen (secondary N) is 2. The maximum atomic E-state index is 12.4. The molecule has 170 valence electrons. The fourth-order valence-electron chi connectivity index (χ4n) is 3.20. The average Bonchev–Trinajstić information content (AvgIpc) is 3.07. The van der Waals surface area contributed by atoms with Crippen molar-refractivity contribution < 1.29 is 27.5 Å². The second-order valence-electron chi connectivity index (χ2n) is 7.45. The van der Waals surface area contributed by atoms with Crippen LogP contribution in [0.4, 0.5) is 18.3 Å². The number of fused-ring (bicyclic) bond motifs is 1. The summed E-state index contributed by atoms with van der Waals surface area (Å²) in [6.45, 7) is 1.96. The second-order valence-corrected chi connectivity index (χ2v) is 8.48. The van der Waals surface area contributed by atoms with Gasteiger partial charge in [0.25, 0.3) is 0 Å². The zero-order valence-corrected chi connectivity index (χ0v) is 18.0. The number of carbonyl (C=O) groups is 2. The first-order chi connectivity index (χ1) is 14.6. The maximum absolute atomic E-state index is 12.4. The van der Waals surface area contributed by atoms with Crippen LogP contribution in [0.1, 0.15) is 12.8 Å². The number of thiazole rings is 1. The van der Waals surface area contributed by atoms with Crippen LogP contribution < -0.4 is 15.4 Å². The zero-order valence-electron chi connectivity index (χ0n) is 17.2. The van der Waals surface area contributed by atoms with E-state index in [9.17, 15) is 22.8 Å². The Labute approximate surface area is 181 Å². The molecule has 0 atom stereocenters. The highest BCUT2D eigenvalue weighted by Gasteiger charge is 2.31. The molecule has 31 heavy (non-hydrogen) atoms. The molecule has 8 nitrogen and oxygen atoms in total. The lowest BCUT2D eigenvalue weighted by Gasteiger charge is -2.29. The number of benzene rings is 1. The van der Waals surface area contributed by atoms with E-state index in [-0.39, 0.29) is 35.9 Å². The monoisotopic (exact) mass is 459 g/mol. The molecule has 2 heterocycles. The van der Waals surface area contributed by atoms with Gasteiger partial charge in [-0.15, -0.1) is 13.2 Å². The van der Waals surface area contributed by atoms with Gasteiger partial charge < -0.3 is 25.2 Å². The van der Waals surface area contributed by atoms with Crippen molar-refractivity contribution in [2.24, 2.45) is 0 Å². The summed E-state index contributed by atoms with van der Waals surface area (Å²) < 4.78 is 41.4. The minimum atomic E-state index is -4.78. The van der Waals surface area contributed by atoms with E-state index in [0.29, 0.717) is 10.2 Å². The summed E-state index contributed by atoms with van der Waals surface area (Å²) in [6, 6.07) is 4.04. The van der Waals surface area contributed by atoms with Gasteiger partial charge in [-0.2, -0.15) is 0 Å². The summed E-state index contributed by atoms with van der Waals surface area (Å²) >= 11 is 1.02. The molecule has 1 fully saturated rings. The first-order valence-electron chi connectivity index (χ1n) is 9.71. The summed E-state index contributed by atoms with van der Waals surface area (Å²) in [5.74, 6) is -1.00. The van der Waals surface area contributed by atoms with Crippen molar-refractivity contribution in [2.45, 2.75) is 25.2 Å². The highest BCUT2D eigenvalue weighted by atomic mass is 32.1. The number of amides is 2. The smallest absolute Gasteiger partial charge is 0.406 e. The number of anilines is 1. The highest BCUT2D eigenvalue weighted by molar-refractivity contribution is 7.22. The van der Waals surface area contributed by atoms with Crippen LogP contribution in [-0.4, -0.2) is 79.3 Å². The van der Waals surface area contributed by atoms with Gasteiger partial charge in [-0.1, -0.05) is 11.3 Å². The van der Waals surface area contributed by atoms with Crippen molar-refractivity contribution >= 4 is 38.5 Å². The van der Waals surface area contributed by atoms with Gasteiger partial charge >= 0.3 is 6.36 Å². The number of ether oxygens (including phenoxy) is 1. The molecule has 0 spiro atoms. The quantitative estimate of drug-likeness (QED) is 0.661. The van der Waals surface area contributed by atoms with Crippen LogP contribution in [-0.2, 0) is 9.59 Å². The van der Waals surface area contributed by atoms with Gasteiger partial charge in [-0.05, 0) is 45.1 Å². The number of hydrogen-bond acceptors (Lipinski definition) is 7. The fourth-order valence-corrected chi connectivity index (χ4v) is 4.11. The molecule has 2 amide bonds. The fraction of sp³-hybridized carbons (Fsp3) is 0.526. The Hall–Kier alpha value is -2.44. The molecule has 12 heteroatoms. The minimum absolute atomic E-state index is 0.154. The first kappa shape index (κ1) is 23.2. The third-order valence-electron chi connectivity index (χ3n) is 4.91. The summed E-state index contributed by atoms with van der Waals surface area (Å²) in [5, 5.41) is 6.04. The molecule has 1 aromatic carbocycles. The molecule has 0 saturated carbocycles. The Morgan fingerprint density at radius 1 is 1.32 bits per heavy atom. The summed E-state index contributed by atoms with van der Waals surface area (Å²) in [4.78, 5) is 32.3. The number of piperidine rings is 1. The normalized spacial score (nSPS) is 15.8. The minimum Gasteiger partial charge on any atom is -0.406 e. The number of alkyl halides is 3. The number of hydrogen-bond donors (Lipinski definition) is 2. The summed E-state index contributed by atoms with van der Waals surface area (Å²) in [5.41, 5.74) is 0.432. The SMILES string of the molecule is CN1CCC(NCC(=O)N(C)CC(=O)Nc2nc3ccc(OC(F)(F)F)cc3s2)CC1. The summed E-state index contributed by atoms with van der Waals surface area (Å²) in [6.07, 6.45) is -2.84. The van der Waals surface area contributed by atoms with Crippen LogP contribution in [0.15, 0.2) is 18.2 Å². The van der Waals surface area contributed by atoms with E-state index < -0.39 is 12.3 Å². The molecule has 1 aliphatic rings. The molecule has 1 aliphatic heterocycles. The Kier molecular flexibility index (Phi) is 7.34. The highest BCUT2D eigenvalue weighted by Crippen LogP contribution is 2.31. The maximum Gasteiger partial charge on any atom is 0.573 e. The number of carbonyl (C=O) groups excluding carboxylic acids is 2. The number of aromatic nitrogens is 1. The van der Waals surface area contributed by atoms with Gasteiger partial charge in [0.05, 0.1) is 23.3 Å². The van der Waals surface area contributed by atoms with Gasteiger partial charge in [0.2, 0.25) is 11.8 Å². The molecule has 0 unspecified atom stereocenters. The van der Waals surface area contributed by atoms with E-state index in [1.165, 1.54) is 24.1 Å². The molecular formula is C19H24F3N5O3S. The largest absolute Gasteiger partial charge is 0.573 e. The first-order valence-corrected chi connectivity index (χ1v) is 10.5. The van der Waals surface area contributed by atoms with Crippen LogP contribution in [0, 0.1) is 0 Å². The molecule has 2 N–H and O–H groups in total. The van der Waals surface area contributed by atoms with Gasteiger partial charge in [0.1, 0.15) is 5.75 Å². The van der Waals surface area contributed by atoms with Crippen LogP contribution in [0.25, 0.3) is 10.2 Å². The third kappa shape index (κ3) is 7.04. The van der Waals surface area contributed by atoms with Crippen molar-refractivity contribution in [1.82, 2.24) is 20.1 Å². The zero-order chi connectivity index (χ0) is 22.6. The van der Waals surface area contributed by atoms with E-state index in [4.69, 9.17) is 0 Å². The lowest BCUT2D eigenvalue weighted by molar-refractivity contribution is -0.274. The molecule has 0 radical (unpaired) electrons. The Morgan fingerprint density at radius 2 is 2.03 bits per heavy atom. The lowest BCUT2D eigenvalue weighted by atomic mass is 10.1. The molecule has 3 rings (SSSR count). The number of likely N-dealkylation sites (tertiary alicyclic amines) is 1. The Balaban J connectivity index is 1.49. The van der Waals surface area contributed by atoms with Gasteiger partial charge in [0.15, 0.2) is 5.13 Å². The van der Waals surface area contributed by atoms with Crippen molar-refractivity contribution in [3.8, 4) is 5.75 Å². The molecular weight excluding hydrogens is 435 g/mol. The van der Waals surface area contributed by atoms with Crippen LogP contribution >= 0.6 is 11.3 Å². The van der Waals surface area contributed by atoms with E-state index in [1.54, 1.807) is 0 Å². The summed E-state index contributed by atoms with van der Waals surface area (Å²) in [7, 11) is 3.60. The second kappa shape index (κ2) is 9.79. The van der Waals surface area contributed by atoms with E-state index >= 15 is 0 Å². The van der Waals surface area contributed by atoms with Gasteiger partial charge in [-0.25, -0.2) is 4.98 Å². The van der Waals surface area contributed by atoms with Gasteiger partial charge in [-0.3, -0.25) is 9.59 Å². The van der Waals surface area contributed by atoms with Crippen molar-refractivity contribution in [2.75, 3.05) is 45.6 Å². The standard InChI is InChI=1S/C19H24F3N5O3S/c1-26-7-5-12(6-8-26)23-10-17(29)27(2)11-16(28)25-18-24-14-4-3-13(9-15(14)31-18)30-19(20,21)22/h3-4,9,12,23H,5-8,10-11H2,1-2H3,(H,24,25,28). The van der Waals surface area contributed by atoms with Crippen LogP contribution in [0.5, 0.6) is 5.75 Å². The van der Waals surface area contributed by atoms with E-state index in [0.717, 1.165) is 43.3 Å². The number of nitrogens with zero attached hydrogens (tertiary/aromatic N) is 3. The molecule has 1 aromatic heterocycles. The average molecular weight is 459 g/mol. The van der Waals surface area contributed by atoms with Crippen LogP contribution in [0.3, 0.4) is 0 Å². The van der Waals surface area contributed by atoms with Crippen molar-refractivity contribution in [3.05, 3.63) is 18.2 Å². The predicted octanol–water partition coefficient (Wildman–Crippen LogP) is 2.28. The molecule has 0 aliphatic carbocycles. The topological polar surface area (TPSA) is 86.8 Å². The van der Waals surface area contributed by atoms with Crippen molar-refractivity contribution in [3.63, 3.8) is 0 Å². The number of halogens is 3. The Bertz CT molecular complexity index is 928. The van der Waals surface area contributed by atoms with Crippen molar-refractivity contribution in [1.29, 1.82) is 0 Å². The molecule has 1 saturated heterocycles.